The van der Waals surface area contributed by atoms with Crippen molar-refractivity contribution in [1.82, 2.24) is 0 Å². The number of rotatable bonds is 8. The van der Waals surface area contributed by atoms with Crippen LogP contribution in [0.1, 0.15) is 11.1 Å². The molecule has 0 amide bonds. The Morgan fingerprint density at radius 1 is 0.857 bits per heavy atom. The molecule has 0 unspecified atom stereocenters. The quantitative estimate of drug-likeness (QED) is 0.125. The minimum atomic E-state index is -4.01. The van der Waals surface area contributed by atoms with Crippen LogP contribution in [0.15, 0.2) is 101 Å². The van der Waals surface area contributed by atoms with Crippen LogP contribution in [-0.4, -0.2) is 21.7 Å². The predicted molar refractivity (Wildman–Crippen MR) is 145 cm³/mol. The highest BCUT2D eigenvalue weighted by Gasteiger charge is 2.21. The van der Waals surface area contributed by atoms with Crippen molar-refractivity contribution in [2.24, 2.45) is 4.99 Å². The summed E-state index contributed by atoms with van der Waals surface area (Å²) in [6.07, 6.45) is 1.68. The number of halogens is 1. The Bertz CT molecular complexity index is 1440. The molecule has 0 heterocycles. The topological polar surface area (TPSA) is 74.2 Å². The second-order valence-corrected chi connectivity index (χ2v) is 10.3. The van der Waals surface area contributed by atoms with E-state index in [1.165, 1.54) is 19.2 Å². The average molecular weight is 599 g/mol. The van der Waals surface area contributed by atoms with E-state index >= 15 is 0 Å². The molecule has 35 heavy (non-hydrogen) atoms. The first-order chi connectivity index (χ1) is 16.8. The van der Waals surface area contributed by atoms with Gasteiger partial charge in [0.2, 0.25) is 0 Å². The number of methoxy groups -OCH3 is 1. The molecule has 0 radical (unpaired) electrons. The van der Waals surface area contributed by atoms with Gasteiger partial charge in [-0.05, 0) is 95.7 Å². The molecule has 0 bridgehead atoms. The summed E-state index contributed by atoms with van der Waals surface area (Å²) in [6.45, 7) is 1.89. The van der Waals surface area contributed by atoms with Crippen molar-refractivity contribution in [3.8, 4) is 23.0 Å². The van der Waals surface area contributed by atoms with E-state index in [4.69, 9.17) is 13.7 Å². The van der Waals surface area contributed by atoms with E-state index in [1.807, 2.05) is 84.1 Å². The van der Waals surface area contributed by atoms with Crippen LogP contribution in [0.25, 0.3) is 0 Å². The van der Waals surface area contributed by atoms with E-state index in [1.54, 1.807) is 30.5 Å². The molecule has 0 spiro atoms. The summed E-state index contributed by atoms with van der Waals surface area (Å²) in [7, 11) is -2.55. The highest BCUT2D eigenvalue weighted by atomic mass is 127. The Labute approximate surface area is 218 Å². The van der Waals surface area contributed by atoms with Gasteiger partial charge in [0.1, 0.15) is 16.4 Å². The molecular weight excluding hydrogens is 577 g/mol. The van der Waals surface area contributed by atoms with Gasteiger partial charge in [0.05, 0.1) is 16.4 Å². The molecule has 8 heteroatoms. The first-order valence-corrected chi connectivity index (χ1v) is 13.1. The van der Waals surface area contributed by atoms with Gasteiger partial charge >= 0.3 is 10.1 Å². The molecule has 4 rings (SSSR count). The fourth-order valence-corrected chi connectivity index (χ4v) is 4.97. The predicted octanol–water partition coefficient (Wildman–Crippen LogP) is 6.92. The van der Waals surface area contributed by atoms with Crippen molar-refractivity contribution in [3.05, 3.63) is 106 Å². The smallest absolute Gasteiger partial charge is 0.339 e. The summed E-state index contributed by atoms with van der Waals surface area (Å²) in [6, 6.07) is 26.9. The lowest BCUT2D eigenvalue weighted by molar-refractivity contribution is 0.389. The molecule has 6 nitrogen and oxygen atoms in total. The monoisotopic (exact) mass is 599 g/mol. The van der Waals surface area contributed by atoms with Crippen LogP contribution < -0.4 is 13.7 Å². The van der Waals surface area contributed by atoms with Crippen LogP contribution in [-0.2, 0) is 10.1 Å². The van der Waals surface area contributed by atoms with Crippen molar-refractivity contribution >= 4 is 44.6 Å². The normalized spacial score (nSPS) is 11.4. The maximum absolute atomic E-state index is 12.8. The maximum atomic E-state index is 12.8. The number of ether oxygens (including phenoxy) is 2. The molecule has 0 aliphatic rings. The molecule has 0 aliphatic carbocycles. The van der Waals surface area contributed by atoms with Crippen LogP contribution >= 0.6 is 22.6 Å². The van der Waals surface area contributed by atoms with Crippen molar-refractivity contribution in [3.63, 3.8) is 0 Å². The zero-order valence-electron chi connectivity index (χ0n) is 19.0. The fourth-order valence-electron chi connectivity index (χ4n) is 3.13. The number of para-hydroxylation sites is 1. The van der Waals surface area contributed by atoms with Crippen molar-refractivity contribution in [2.45, 2.75) is 11.8 Å². The Hall–Kier alpha value is -3.37. The van der Waals surface area contributed by atoms with E-state index in [0.29, 0.717) is 15.1 Å². The number of hydrogen-bond donors (Lipinski definition) is 0. The Morgan fingerprint density at radius 2 is 1.51 bits per heavy atom. The summed E-state index contributed by atoms with van der Waals surface area (Å²) in [5.41, 5.74) is 2.43. The lowest BCUT2D eigenvalue weighted by Gasteiger charge is -2.13. The van der Waals surface area contributed by atoms with E-state index in [-0.39, 0.29) is 10.6 Å². The molecule has 0 aromatic heterocycles. The number of hydrogen-bond acceptors (Lipinski definition) is 6. The van der Waals surface area contributed by atoms with Crippen LogP contribution in [0.4, 0.5) is 5.69 Å². The van der Waals surface area contributed by atoms with Gasteiger partial charge in [0, 0.05) is 6.21 Å². The van der Waals surface area contributed by atoms with Gasteiger partial charge in [-0.25, -0.2) is 0 Å². The zero-order valence-corrected chi connectivity index (χ0v) is 22.0. The Morgan fingerprint density at radius 3 is 2.17 bits per heavy atom. The van der Waals surface area contributed by atoms with Gasteiger partial charge in [0.15, 0.2) is 11.5 Å². The Balaban J connectivity index is 1.51. The van der Waals surface area contributed by atoms with Crippen LogP contribution in [0, 0.1) is 10.5 Å². The van der Waals surface area contributed by atoms with Gasteiger partial charge in [-0.1, -0.05) is 35.9 Å². The van der Waals surface area contributed by atoms with Gasteiger partial charge in [-0.3, -0.25) is 4.99 Å². The summed E-state index contributed by atoms with van der Waals surface area (Å²) in [5.74, 6) is 1.90. The van der Waals surface area contributed by atoms with E-state index < -0.39 is 10.1 Å². The third kappa shape index (κ3) is 6.40. The SMILES string of the molecule is COc1cc(C=Nc2ccc(Oc3ccccc3)cc2)cc(I)c1OS(=O)(=O)c1ccc(C)cc1. The third-order valence-corrected chi connectivity index (χ3v) is 6.97. The molecule has 0 fully saturated rings. The second-order valence-electron chi connectivity index (χ2n) is 7.55. The lowest BCUT2D eigenvalue weighted by atomic mass is 10.2. The summed E-state index contributed by atoms with van der Waals surface area (Å²) in [4.78, 5) is 4.58. The second kappa shape index (κ2) is 10.9. The molecule has 0 atom stereocenters. The summed E-state index contributed by atoms with van der Waals surface area (Å²) < 4.78 is 42.7. The first-order valence-electron chi connectivity index (χ1n) is 10.6. The van der Waals surface area contributed by atoms with Gasteiger partial charge in [-0.15, -0.1) is 0 Å². The highest BCUT2D eigenvalue weighted by Crippen LogP contribution is 2.36. The number of aliphatic imine (C=N–C) groups is 1. The summed E-state index contributed by atoms with van der Waals surface area (Å²) in [5, 5.41) is 0. The van der Waals surface area contributed by atoms with E-state index in [9.17, 15) is 8.42 Å². The molecule has 0 saturated carbocycles. The average Bonchev–Trinajstić information content (AvgIpc) is 2.86. The highest BCUT2D eigenvalue weighted by molar-refractivity contribution is 14.1. The standard InChI is InChI=1S/C27H22INO5S/c1-19-8-14-24(15-9-19)35(30,31)34-27-25(28)16-20(17-26(27)32-2)18-29-21-10-12-23(13-11-21)33-22-6-4-3-5-7-22/h3-18H,1-2H3. The molecule has 0 N–H and O–H groups in total. The molecule has 0 aliphatic heterocycles. The van der Waals surface area contributed by atoms with E-state index in [2.05, 4.69) is 4.99 Å². The maximum Gasteiger partial charge on any atom is 0.339 e. The Kier molecular flexibility index (Phi) is 7.72. The molecule has 0 saturated heterocycles. The number of benzene rings is 4. The first kappa shape index (κ1) is 24.7. The number of aryl methyl sites for hydroxylation is 1. The van der Waals surface area contributed by atoms with E-state index in [0.717, 1.165) is 22.6 Å². The van der Waals surface area contributed by atoms with Gasteiger partial charge < -0.3 is 13.7 Å². The largest absolute Gasteiger partial charge is 0.493 e. The summed E-state index contributed by atoms with van der Waals surface area (Å²) >= 11 is 2.02. The van der Waals surface area contributed by atoms with Crippen LogP contribution in [0.5, 0.6) is 23.0 Å². The van der Waals surface area contributed by atoms with Crippen LogP contribution in [0.2, 0.25) is 0 Å². The van der Waals surface area contributed by atoms with Crippen molar-refractivity contribution < 1.29 is 22.1 Å². The third-order valence-electron chi connectivity index (χ3n) is 4.93. The number of nitrogens with zero attached hydrogens (tertiary/aromatic N) is 1. The fraction of sp³-hybridized carbons (Fsp3) is 0.0741. The van der Waals surface area contributed by atoms with Crippen molar-refractivity contribution in [2.75, 3.05) is 7.11 Å². The zero-order chi connectivity index (χ0) is 24.8. The lowest BCUT2D eigenvalue weighted by Crippen LogP contribution is -2.11. The van der Waals surface area contributed by atoms with Gasteiger partial charge in [-0.2, -0.15) is 8.42 Å². The molecule has 178 valence electrons. The minimum Gasteiger partial charge on any atom is -0.493 e. The minimum absolute atomic E-state index is 0.0753. The van der Waals surface area contributed by atoms with Gasteiger partial charge in [0.25, 0.3) is 0 Å². The molecular formula is C27H22INO5S. The molecule has 4 aromatic rings. The van der Waals surface area contributed by atoms with Crippen LogP contribution in [0.3, 0.4) is 0 Å². The molecule has 4 aromatic carbocycles. The van der Waals surface area contributed by atoms with Crippen molar-refractivity contribution in [1.29, 1.82) is 0 Å².